The van der Waals surface area contributed by atoms with Gasteiger partial charge in [-0.2, -0.15) is 0 Å². The van der Waals surface area contributed by atoms with E-state index in [1.54, 1.807) is 42.5 Å². The molecule has 1 heterocycles. The highest BCUT2D eigenvalue weighted by atomic mass is 79.9. The molecule has 1 aliphatic rings. The molecule has 1 amide bonds. The van der Waals surface area contributed by atoms with Crippen molar-refractivity contribution in [1.29, 1.82) is 0 Å². The first-order valence-electron chi connectivity index (χ1n) is 12.7. The molecule has 1 aliphatic carbocycles. The summed E-state index contributed by atoms with van der Waals surface area (Å²) in [6, 6.07) is 14.4. The molecule has 3 N–H and O–H groups in total. The molecule has 0 aliphatic heterocycles. The van der Waals surface area contributed by atoms with E-state index in [2.05, 4.69) is 15.9 Å². The first-order chi connectivity index (χ1) is 18.9. The van der Waals surface area contributed by atoms with E-state index in [1.807, 2.05) is 0 Å². The van der Waals surface area contributed by atoms with Gasteiger partial charge in [0.1, 0.15) is 17.2 Å². The number of hydrogen-bond acceptors (Lipinski definition) is 5. The molecule has 5 rings (SSSR count). The fraction of sp³-hybridized carbons (Fsp3) is 0.276. The third-order valence-corrected chi connectivity index (χ3v) is 9.26. The molecule has 1 fully saturated rings. The lowest BCUT2D eigenvalue weighted by Gasteiger charge is -2.26. The van der Waals surface area contributed by atoms with Crippen LogP contribution in [-0.2, 0) is 16.4 Å². The number of nitrogens with two attached hydrogens (primary N) is 1. The number of sulfonamides is 1. The molecule has 4 aromatic rings. The summed E-state index contributed by atoms with van der Waals surface area (Å²) in [7, 11) is -3.78. The SMILES string of the molecule is CS(=O)(=O)N(CCC(O)c1c(Cl)cccc1Br)c1cc2oc(Cc3ccc(F)cc3)c(C(N)=O)c2cc1C1CC1. The Bertz CT molecular complexity index is 1680. The molecule has 0 radical (unpaired) electrons. The van der Waals surface area contributed by atoms with E-state index in [-0.39, 0.29) is 36.7 Å². The van der Waals surface area contributed by atoms with E-state index < -0.39 is 22.0 Å². The number of carbonyl (C=O) groups excluding carboxylic acids is 1. The smallest absolute Gasteiger partial charge is 0.252 e. The van der Waals surface area contributed by atoms with Crippen LogP contribution >= 0.6 is 27.5 Å². The maximum absolute atomic E-state index is 13.4. The summed E-state index contributed by atoms with van der Waals surface area (Å²) in [5, 5.41) is 11.8. The van der Waals surface area contributed by atoms with Crippen molar-refractivity contribution < 1.29 is 27.1 Å². The molecule has 7 nitrogen and oxygen atoms in total. The van der Waals surface area contributed by atoms with Crippen molar-refractivity contribution in [2.45, 2.75) is 37.7 Å². The summed E-state index contributed by atoms with van der Waals surface area (Å²) in [6.45, 7) is -0.0191. The van der Waals surface area contributed by atoms with Crippen molar-refractivity contribution in [2.24, 2.45) is 5.73 Å². The van der Waals surface area contributed by atoms with E-state index in [0.717, 1.165) is 30.2 Å². The van der Waals surface area contributed by atoms with Crippen LogP contribution < -0.4 is 10.0 Å². The number of aliphatic hydroxyl groups excluding tert-OH is 1. The monoisotopic (exact) mass is 648 g/mol. The Balaban J connectivity index is 1.56. The number of aliphatic hydroxyl groups is 1. The van der Waals surface area contributed by atoms with Gasteiger partial charge < -0.3 is 15.3 Å². The Labute approximate surface area is 244 Å². The predicted octanol–water partition coefficient (Wildman–Crippen LogP) is 6.44. The number of benzene rings is 3. The average molecular weight is 650 g/mol. The third-order valence-electron chi connectivity index (χ3n) is 7.06. The molecule has 210 valence electrons. The molecule has 0 bridgehead atoms. The largest absolute Gasteiger partial charge is 0.460 e. The Morgan fingerprint density at radius 2 is 1.93 bits per heavy atom. The Morgan fingerprint density at radius 3 is 2.52 bits per heavy atom. The molecule has 40 heavy (non-hydrogen) atoms. The van der Waals surface area contributed by atoms with Crippen LogP contribution in [0, 0.1) is 5.82 Å². The number of carbonyl (C=O) groups is 1. The van der Waals surface area contributed by atoms with Crippen LogP contribution in [0.5, 0.6) is 0 Å². The number of hydrogen-bond donors (Lipinski definition) is 2. The summed E-state index contributed by atoms with van der Waals surface area (Å²) < 4.78 is 47.5. The molecule has 3 aromatic carbocycles. The number of primary amides is 1. The van der Waals surface area contributed by atoms with Crippen molar-refractivity contribution in [1.82, 2.24) is 0 Å². The number of nitrogens with zero attached hydrogens (tertiary/aromatic N) is 1. The maximum Gasteiger partial charge on any atom is 0.252 e. The second-order valence-corrected chi connectivity index (χ2v) is 13.2. The number of amides is 1. The number of halogens is 3. The van der Waals surface area contributed by atoms with Crippen LogP contribution in [0.25, 0.3) is 11.0 Å². The summed E-state index contributed by atoms with van der Waals surface area (Å²) in [4.78, 5) is 12.5. The van der Waals surface area contributed by atoms with Gasteiger partial charge in [0.25, 0.3) is 5.91 Å². The van der Waals surface area contributed by atoms with Gasteiger partial charge in [0.15, 0.2) is 0 Å². The molecular weight excluding hydrogens is 623 g/mol. The van der Waals surface area contributed by atoms with Crippen molar-refractivity contribution in [2.75, 3.05) is 17.1 Å². The van der Waals surface area contributed by atoms with Crippen LogP contribution in [0.2, 0.25) is 5.02 Å². The van der Waals surface area contributed by atoms with Gasteiger partial charge in [-0.15, -0.1) is 0 Å². The lowest BCUT2D eigenvalue weighted by molar-refractivity contribution is 0.1000. The van der Waals surface area contributed by atoms with Gasteiger partial charge in [-0.25, -0.2) is 12.8 Å². The van der Waals surface area contributed by atoms with Gasteiger partial charge in [0, 0.05) is 39.5 Å². The Morgan fingerprint density at radius 1 is 1.23 bits per heavy atom. The van der Waals surface area contributed by atoms with Crippen molar-refractivity contribution in [3.05, 3.63) is 97.9 Å². The number of furan rings is 1. The van der Waals surface area contributed by atoms with Crippen molar-refractivity contribution in [3.8, 4) is 0 Å². The number of anilines is 1. The minimum atomic E-state index is -3.78. The van der Waals surface area contributed by atoms with E-state index in [1.165, 1.54) is 16.4 Å². The fourth-order valence-corrected chi connectivity index (χ4v) is 6.99. The summed E-state index contributed by atoms with van der Waals surface area (Å²) in [5.41, 5.74) is 8.71. The third kappa shape index (κ3) is 5.90. The zero-order chi connectivity index (χ0) is 28.8. The Kier molecular flexibility index (Phi) is 7.98. The predicted molar refractivity (Wildman–Crippen MR) is 157 cm³/mol. The molecule has 1 atom stereocenters. The van der Waals surface area contributed by atoms with Crippen LogP contribution in [0.4, 0.5) is 10.1 Å². The van der Waals surface area contributed by atoms with Gasteiger partial charge in [0.05, 0.1) is 23.6 Å². The zero-order valence-corrected chi connectivity index (χ0v) is 24.7. The second-order valence-electron chi connectivity index (χ2n) is 10.0. The van der Waals surface area contributed by atoms with E-state index in [9.17, 15) is 22.7 Å². The van der Waals surface area contributed by atoms with Gasteiger partial charge in [0.2, 0.25) is 10.0 Å². The fourth-order valence-electron chi connectivity index (χ4n) is 5.00. The minimum absolute atomic E-state index is 0.0191. The lowest BCUT2D eigenvalue weighted by Crippen LogP contribution is -2.32. The lowest BCUT2D eigenvalue weighted by atomic mass is 10.0. The van der Waals surface area contributed by atoms with Gasteiger partial charge in [-0.05, 0) is 66.6 Å². The van der Waals surface area contributed by atoms with Crippen molar-refractivity contribution >= 4 is 60.1 Å². The quantitative estimate of drug-likeness (QED) is 0.205. The maximum atomic E-state index is 13.4. The van der Waals surface area contributed by atoms with Crippen LogP contribution in [0.1, 0.15) is 64.1 Å². The van der Waals surface area contributed by atoms with Crippen LogP contribution in [0.3, 0.4) is 0 Å². The van der Waals surface area contributed by atoms with Gasteiger partial charge in [-0.1, -0.05) is 45.7 Å². The van der Waals surface area contributed by atoms with Gasteiger partial charge >= 0.3 is 0 Å². The number of rotatable bonds is 10. The first-order valence-corrected chi connectivity index (χ1v) is 15.7. The summed E-state index contributed by atoms with van der Waals surface area (Å²) in [5.74, 6) is -0.616. The molecular formula is C29H27BrClFN2O5S. The molecule has 1 unspecified atom stereocenters. The highest BCUT2D eigenvalue weighted by Gasteiger charge is 2.33. The standard InChI is InChI=1S/C29H27BrClFN2O5S/c1-40(37,38)34(12-11-24(35)28-21(30)3-2-4-22(28)31)23-15-25-20(14-19(23)17-7-8-17)27(29(33)36)26(39-25)13-16-5-9-18(32)10-6-16/h2-6,9-10,14-15,17,24,35H,7-8,11-13H2,1H3,(H2,33,36). The minimum Gasteiger partial charge on any atom is -0.460 e. The molecule has 11 heteroatoms. The highest BCUT2D eigenvalue weighted by Crippen LogP contribution is 2.47. The van der Waals surface area contributed by atoms with Crippen molar-refractivity contribution in [3.63, 3.8) is 0 Å². The zero-order valence-electron chi connectivity index (χ0n) is 21.5. The normalized spacial score (nSPS) is 14.4. The number of fused-ring (bicyclic) bond motifs is 1. The Hall–Kier alpha value is -2.92. The van der Waals surface area contributed by atoms with E-state index >= 15 is 0 Å². The van der Waals surface area contributed by atoms with Crippen LogP contribution in [0.15, 0.2) is 63.5 Å². The van der Waals surface area contributed by atoms with Crippen LogP contribution in [-0.4, -0.2) is 32.2 Å². The summed E-state index contributed by atoms with van der Waals surface area (Å²) in [6.07, 6.45) is 2.12. The van der Waals surface area contributed by atoms with Gasteiger partial charge in [-0.3, -0.25) is 9.10 Å². The molecule has 0 saturated heterocycles. The second kappa shape index (κ2) is 11.2. The summed E-state index contributed by atoms with van der Waals surface area (Å²) >= 11 is 9.71. The molecule has 1 aromatic heterocycles. The van der Waals surface area contributed by atoms with E-state index in [4.69, 9.17) is 21.8 Å². The topological polar surface area (TPSA) is 114 Å². The highest BCUT2D eigenvalue weighted by molar-refractivity contribution is 9.10. The molecule has 1 saturated carbocycles. The first kappa shape index (κ1) is 28.6. The molecule has 0 spiro atoms. The average Bonchev–Trinajstić information content (AvgIpc) is 3.65. The van der Waals surface area contributed by atoms with E-state index in [0.29, 0.717) is 37.5 Å².